The molecule has 0 fully saturated rings. The number of thiazole rings is 1. The van der Waals surface area contributed by atoms with Crippen molar-refractivity contribution in [2.75, 3.05) is 18.1 Å². The monoisotopic (exact) mass is 442 g/mol. The molecule has 5 aromatic rings. The maximum Gasteiger partial charge on any atom is 0.260 e. The fraction of sp³-hybridized carbons (Fsp3) is 0.160. The lowest BCUT2D eigenvalue weighted by molar-refractivity contribution is 0.0987. The summed E-state index contributed by atoms with van der Waals surface area (Å²) >= 11 is 1.50. The molecule has 0 radical (unpaired) electrons. The molecule has 32 heavy (non-hydrogen) atoms. The minimum atomic E-state index is -0.0778. The second-order valence-corrected chi connectivity index (χ2v) is 8.29. The van der Waals surface area contributed by atoms with Crippen LogP contribution in [-0.4, -0.2) is 33.8 Å². The predicted octanol–water partition coefficient (Wildman–Crippen LogP) is 5.39. The van der Waals surface area contributed by atoms with Crippen LogP contribution in [0.15, 0.2) is 79.1 Å². The van der Waals surface area contributed by atoms with E-state index >= 15 is 0 Å². The highest BCUT2D eigenvalue weighted by Gasteiger charge is 2.23. The van der Waals surface area contributed by atoms with Crippen molar-refractivity contribution in [3.05, 3.63) is 84.7 Å². The molecule has 6 nitrogen and oxygen atoms in total. The van der Waals surface area contributed by atoms with E-state index in [1.807, 2.05) is 84.5 Å². The van der Waals surface area contributed by atoms with Crippen LogP contribution in [0.5, 0.6) is 5.75 Å². The molecule has 0 bridgehead atoms. The van der Waals surface area contributed by atoms with E-state index in [1.165, 1.54) is 11.3 Å². The number of para-hydroxylation sites is 1. The lowest BCUT2D eigenvalue weighted by atomic mass is 10.0. The van der Waals surface area contributed by atoms with Gasteiger partial charge >= 0.3 is 0 Å². The van der Waals surface area contributed by atoms with Crippen molar-refractivity contribution in [3.8, 4) is 5.75 Å². The van der Waals surface area contributed by atoms with Gasteiger partial charge in [-0.05, 0) is 42.0 Å². The van der Waals surface area contributed by atoms with Crippen molar-refractivity contribution in [1.82, 2.24) is 14.8 Å². The zero-order valence-electron chi connectivity index (χ0n) is 17.6. The average molecular weight is 443 g/mol. The molecule has 5 rings (SSSR count). The van der Waals surface area contributed by atoms with Gasteiger partial charge in [-0.25, -0.2) is 4.98 Å². The van der Waals surface area contributed by atoms with Gasteiger partial charge in [-0.1, -0.05) is 53.8 Å². The zero-order valence-corrected chi connectivity index (χ0v) is 18.5. The molecule has 0 unspecified atom stereocenters. The Morgan fingerprint density at radius 1 is 1.06 bits per heavy atom. The molecule has 0 atom stereocenters. The van der Waals surface area contributed by atoms with Gasteiger partial charge in [0.2, 0.25) is 0 Å². The topological polar surface area (TPSA) is 60.2 Å². The van der Waals surface area contributed by atoms with Crippen molar-refractivity contribution >= 4 is 43.4 Å². The van der Waals surface area contributed by atoms with Gasteiger partial charge in [0.15, 0.2) is 5.13 Å². The standard InChI is InChI=1S/C25H22N4O2S/c1-2-31-21-12-6-13-22-23(21)27-25(32-22)29(17-16-28-15-7-14-26-28)24(30)20-11-5-9-18-8-3-4-10-19(18)20/h3-15H,2,16-17H2,1H3. The number of fused-ring (bicyclic) bond motifs is 2. The number of aromatic nitrogens is 3. The van der Waals surface area contributed by atoms with Crippen LogP contribution in [0, 0.1) is 0 Å². The fourth-order valence-electron chi connectivity index (χ4n) is 3.78. The summed E-state index contributed by atoms with van der Waals surface area (Å²) in [5, 5.41) is 6.90. The minimum Gasteiger partial charge on any atom is -0.492 e. The van der Waals surface area contributed by atoms with Crippen LogP contribution in [0.2, 0.25) is 0 Å². The van der Waals surface area contributed by atoms with E-state index in [4.69, 9.17) is 9.72 Å². The summed E-state index contributed by atoms with van der Waals surface area (Å²) in [5.41, 5.74) is 1.44. The average Bonchev–Trinajstić information content (AvgIpc) is 3.49. The van der Waals surface area contributed by atoms with Crippen LogP contribution in [0.3, 0.4) is 0 Å². The van der Waals surface area contributed by atoms with E-state index in [9.17, 15) is 4.79 Å². The molecule has 1 amide bonds. The number of benzene rings is 3. The third kappa shape index (κ3) is 3.83. The number of hydrogen-bond acceptors (Lipinski definition) is 5. The molecule has 0 saturated carbocycles. The van der Waals surface area contributed by atoms with Crippen LogP contribution in [0.25, 0.3) is 21.0 Å². The first-order chi connectivity index (χ1) is 15.7. The fourth-order valence-corrected chi connectivity index (χ4v) is 4.78. The van der Waals surface area contributed by atoms with Gasteiger partial charge in [0, 0.05) is 24.5 Å². The van der Waals surface area contributed by atoms with Crippen molar-refractivity contribution in [2.45, 2.75) is 13.5 Å². The Kier molecular flexibility index (Phi) is 5.56. The molecule has 0 spiro atoms. The Morgan fingerprint density at radius 3 is 2.75 bits per heavy atom. The van der Waals surface area contributed by atoms with E-state index < -0.39 is 0 Å². The van der Waals surface area contributed by atoms with Crippen molar-refractivity contribution in [2.24, 2.45) is 0 Å². The molecule has 160 valence electrons. The minimum absolute atomic E-state index is 0.0778. The van der Waals surface area contributed by atoms with Gasteiger partial charge in [-0.2, -0.15) is 5.10 Å². The Bertz CT molecular complexity index is 1370. The normalized spacial score (nSPS) is 11.2. The smallest absolute Gasteiger partial charge is 0.260 e. The van der Waals surface area contributed by atoms with E-state index in [0.29, 0.717) is 30.4 Å². The Balaban J connectivity index is 1.58. The molecule has 7 heteroatoms. The first kappa shape index (κ1) is 20.2. The van der Waals surface area contributed by atoms with Crippen molar-refractivity contribution < 1.29 is 9.53 Å². The molecular formula is C25H22N4O2S. The number of carbonyl (C=O) groups excluding carboxylic acids is 1. The second kappa shape index (κ2) is 8.80. The summed E-state index contributed by atoms with van der Waals surface area (Å²) in [7, 11) is 0. The number of nitrogens with zero attached hydrogens (tertiary/aromatic N) is 4. The molecule has 3 aromatic carbocycles. The molecule has 0 aliphatic heterocycles. The van der Waals surface area contributed by atoms with E-state index in [-0.39, 0.29) is 5.91 Å². The maximum absolute atomic E-state index is 13.8. The highest BCUT2D eigenvalue weighted by atomic mass is 32.1. The van der Waals surface area contributed by atoms with Gasteiger partial charge in [0.05, 0.1) is 17.9 Å². The largest absolute Gasteiger partial charge is 0.492 e. The highest BCUT2D eigenvalue weighted by molar-refractivity contribution is 7.22. The van der Waals surface area contributed by atoms with E-state index in [2.05, 4.69) is 5.10 Å². The third-order valence-electron chi connectivity index (χ3n) is 5.28. The first-order valence-electron chi connectivity index (χ1n) is 10.5. The Hall–Kier alpha value is -3.71. The van der Waals surface area contributed by atoms with Gasteiger partial charge in [0.1, 0.15) is 11.3 Å². The molecule has 2 heterocycles. The number of rotatable bonds is 7. The third-order valence-corrected chi connectivity index (χ3v) is 6.32. The summed E-state index contributed by atoms with van der Waals surface area (Å²) in [4.78, 5) is 20.4. The first-order valence-corrected chi connectivity index (χ1v) is 11.4. The summed E-state index contributed by atoms with van der Waals surface area (Å²) in [6.07, 6.45) is 3.63. The second-order valence-electron chi connectivity index (χ2n) is 7.28. The quantitative estimate of drug-likeness (QED) is 0.339. The molecule has 2 aromatic heterocycles. The molecular weight excluding hydrogens is 420 g/mol. The summed E-state index contributed by atoms with van der Waals surface area (Å²) in [5.74, 6) is 0.656. The van der Waals surface area contributed by atoms with Gasteiger partial charge in [-0.3, -0.25) is 14.4 Å². The molecule has 0 N–H and O–H groups in total. The lowest BCUT2D eigenvalue weighted by Gasteiger charge is -2.21. The van der Waals surface area contributed by atoms with Gasteiger partial charge in [0.25, 0.3) is 5.91 Å². The lowest BCUT2D eigenvalue weighted by Crippen LogP contribution is -2.34. The van der Waals surface area contributed by atoms with Crippen molar-refractivity contribution in [3.63, 3.8) is 0 Å². The highest BCUT2D eigenvalue weighted by Crippen LogP contribution is 2.35. The van der Waals surface area contributed by atoms with E-state index in [1.54, 1.807) is 11.1 Å². The van der Waals surface area contributed by atoms with Crippen LogP contribution in [0.1, 0.15) is 17.3 Å². The predicted molar refractivity (Wildman–Crippen MR) is 129 cm³/mol. The molecule has 0 aliphatic carbocycles. The number of anilines is 1. The summed E-state index contributed by atoms with van der Waals surface area (Å²) in [6, 6.07) is 21.5. The summed E-state index contributed by atoms with van der Waals surface area (Å²) < 4.78 is 8.57. The maximum atomic E-state index is 13.8. The molecule has 0 aliphatic rings. The number of hydrogen-bond donors (Lipinski definition) is 0. The van der Waals surface area contributed by atoms with E-state index in [0.717, 1.165) is 26.7 Å². The SMILES string of the molecule is CCOc1cccc2sc(N(CCn3cccn3)C(=O)c3cccc4ccccc34)nc12. The number of carbonyl (C=O) groups is 1. The number of amides is 1. The van der Waals surface area contributed by atoms with Gasteiger partial charge < -0.3 is 4.74 Å². The van der Waals surface area contributed by atoms with Crippen LogP contribution in [0.4, 0.5) is 5.13 Å². The summed E-state index contributed by atoms with van der Waals surface area (Å²) in [6.45, 7) is 3.53. The molecule has 0 saturated heterocycles. The van der Waals surface area contributed by atoms with Crippen LogP contribution < -0.4 is 9.64 Å². The zero-order chi connectivity index (χ0) is 21.9. The van der Waals surface area contributed by atoms with Crippen LogP contribution >= 0.6 is 11.3 Å². The van der Waals surface area contributed by atoms with Gasteiger partial charge in [-0.15, -0.1) is 0 Å². The Labute approximate surface area is 189 Å². The number of ether oxygens (including phenoxy) is 1. The van der Waals surface area contributed by atoms with Crippen LogP contribution in [-0.2, 0) is 6.54 Å². The van der Waals surface area contributed by atoms with Crippen molar-refractivity contribution in [1.29, 1.82) is 0 Å². The Morgan fingerprint density at radius 2 is 1.91 bits per heavy atom.